The molecule has 0 unspecified atom stereocenters. The van der Waals surface area contributed by atoms with Gasteiger partial charge in [-0.3, -0.25) is 0 Å². The molecule has 0 bridgehead atoms. The van der Waals surface area contributed by atoms with Gasteiger partial charge in [0.25, 0.3) is 0 Å². The number of hydrogen-bond acceptors (Lipinski definition) is 6. The summed E-state index contributed by atoms with van der Waals surface area (Å²) >= 11 is 0. The highest BCUT2D eigenvalue weighted by Crippen LogP contribution is 2.16. The molecular weight excluding hydrogens is 254 g/mol. The van der Waals surface area contributed by atoms with Crippen molar-refractivity contribution in [2.24, 2.45) is 0 Å². The Morgan fingerprint density at radius 1 is 1.30 bits per heavy atom. The highest BCUT2D eigenvalue weighted by Gasteiger charge is 2.06. The van der Waals surface area contributed by atoms with E-state index in [0.717, 1.165) is 17.2 Å². The topological polar surface area (TPSA) is 86.0 Å². The average molecular weight is 273 g/mol. The van der Waals surface area contributed by atoms with Gasteiger partial charge >= 0.3 is 0 Å². The predicted octanol–water partition coefficient (Wildman–Crippen LogP) is 2.20. The fourth-order valence-corrected chi connectivity index (χ4v) is 1.66. The SMILES string of the molecule is COc1ccc(CNc2cc(N)nc(C(C)C)n2)cn1. The lowest BCUT2D eigenvalue weighted by atomic mass is 10.2. The van der Waals surface area contributed by atoms with E-state index in [1.54, 1.807) is 19.4 Å². The summed E-state index contributed by atoms with van der Waals surface area (Å²) < 4.78 is 5.02. The van der Waals surface area contributed by atoms with Crippen molar-refractivity contribution in [2.75, 3.05) is 18.2 Å². The second-order valence-corrected chi connectivity index (χ2v) is 4.75. The Balaban J connectivity index is 2.06. The number of ether oxygens (including phenoxy) is 1. The zero-order chi connectivity index (χ0) is 14.5. The summed E-state index contributed by atoms with van der Waals surface area (Å²) in [5.74, 6) is 2.76. The maximum absolute atomic E-state index is 5.78. The minimum absolute atomic E-state index is 0.238. The van der Waals surface area contributed by atoms with Gasteiger partial charge in [0, 0.05) is 30.8 Å². The fourth-order valence-electron chi connectivity index (χ4n) is 1.66. The number of nitrogen functional groups attached to an aromatic ring is 1. The lowest BCUT2D eigenvalue weighted by molar-refractivity contribution is 0.397. The zero-order valence-electron chi connectivity index (χ0n) is 11.9. The molecule has 3 N–H and O–H groups in total. The molecule has 0 saturated carbocycles. The molecule has 0 aliphatic carbocycles. The molecule has 2 heterocycles. The van der Waals surface area contributed by atoms with Crippen LogP contribution in [0, 0.1) is 0 Å². The van der Waals surface area contributed by atoms with Crippen LogP contribution in [0.3, 0.4) is 0 Å². The number of nitrogens with zero attached hydrogens (tertiary/aromatic N) is 3. The van der Waals surface area contributed by atoms with E-state index in [9.17, 15) is 0 Å². The monoisotopic (exact) mass is 273 g/mol. The van der Waals surface area contributed by atoms with E-state index < -0.39 is 0 Å². The van der Waals surface area contributed by atoms with E-state index in [0.29, 0.717) is 18.2 Å². The van der Waals surface area contributed by atoms with Gasteiger partial charge < -0.3 is 15.8 Å². The van der Waals surface area contributed by atoms with Crippen LogP contribution in [-0.2, 0) is 6.54 Å². The summed E-state index contributed by atoms with van der Waals surface area (Å²) in [6.07, 6.45) is 1.76. The molecule has 0 fully saturated rings. The van der Waals surface area contributed by atoms with Gasteiger partial charge in [0.05, 0.1) is 7.11 Å². The van der Waals surface area contributed by atoms with Crippen LogP contribution in [0.4, 0.5) is 11.6 Å². The van der Waals surface area contributed by atoms with Gasteiger partial charge in [-0.1, -0.05) is 19.9 Å². The highest BCUT2D eigenvalue weighted by atomic mass is 16.5. The molecule has 2 aromatic heterocycles. The van der Waals surface area contributed by atoms with Gasteiger partial charge in [-0.05, 0) is 5.56 Å². The average Bonchev–Trinajstić information content (AvgIpc) is 2.45. The number of hydrogen-bond donors (Lipinski definition) is 2. The molecule has 0 radical (unpaired) electrons. The van der Waals surface area contributed by atoms with Crippen molar-refractivity contribution in [3.05, 3.63) is 35.8 Å². The predicted molar refractivity (Wildman–Crippen MR) is 78.6 cm³/mol. The first-order chi connectivity index (χ1) is 9.58. The molecular formula is C14H19N5O. The van der Waals surface area contributed by atoms with Crippen molar-refractivity contribution in [1.29, 1.82) is 0 Å². The Morgan fingerprint density at radius 3 is 2.70 bits per heavy atom. The smallest absolute Gasteiger partial charge is 0.212 e. The molecule has 6 heteroatoms. The molecule has 0 amide bonds. The van der Waals surface area contributed by atoms with Crippen molar-refractivity contribution in [3.8, 4) is 5.88 Å². The Labute approximate surface area is 118 Å². The molecule has 0 aliphatic heterocycles. The number of methoxy groups -OCH3 is 1. The molecule has 0 spiro atoms. The molecule has 106 valence electrons. The molecule has 0 saturated heterocycles. The van der Waals surface area contributed by atoms with Crippen LogP contribution < -0.4 is 15.8 Å². The first kappa shape index (κ1) is 14.0. The Morgan fingerprint density at radius 2 is 2.10 bits per heavy atom. The van der Waals surface area contributed by atoms with Crippen LogP contribution in [0.25, 0.3) is 0 Å². The summed E-state index contributed by atoms with van der Waals surface area (Å²) in [6, 6.07) is 5.50. The van der Waals surface area contributed by atoms with Crippen LogP contribution in [0.5, 0.6) is 5.88 Å². The van der Waals surface area contributed by atoms with Crippen molar-refractivity contribution in [1.82, 2.24) is 15.0 Å². The number of rotatable bonds is 5. The number of nitrogens with one attached hydrogen (secondary N) is 1. The summed E-state index contributed by atoms with van der Waals surface area (Å²) in [5, 5.41) is 3.22. The quantitative estimate of drug-likeness (QED) is 0.868. The minimum atomic E-state index is 0.238. The number of nitrogens with two attached hydrogens (primary N) is 1. The van der Waals surface area contributed by atoms with Crippen molar-refractivity contribution >= 4 is 11.6 Å². The summed E-state index contributed by atoms with van der Waals surface area (Å²) in [6.45, 7) is 4.68. The maximum atomic E-state index is 5.78. The Kier molecular flexibility index (Phi) is 4.34. The van der Waals surface area contributed by atoms with Crippen LogP contribution >= 0.6 is 0 Å². The second kappa shape index (κ2) is 6.18. The van der Waals surface area contributed by atoms with Gasteiger partial charge in [-0.2, -0.15) is 0 Å². The molecule has 0 aromatic carbocycles. The zero-order valence-corrected chi connectivity index (χ0v) is 11.9. The molecule has 2 rings (SSSR count). The Bertz CT molecular complexity index is 568. The minimum Gasteiger partial charge on any atom is -0.481 e. The van der Waals surface area contributed by atoms with Crippen molar-refractivity contribution in [2.45, 2.75) is 26.3 Å². The number of anilines is 2. The van der Waals surface area contributed by atoms with Gasteiger partial charge in [0.2, 0.25) is 5.88 Å². The van der Waals surface area contributed by atoms with E-state index >= 15 is 0 Å². The standard InChI is InChI=1S/C14H19N5O/c1-9(2)14-18-11(15)6-12(19-14)16-7-10-4-5-13(20-3)17-8-10/h4-6,8-9H,7H2,1-3H3,(H3,15,16,18,19). The van der Waals surface area contributed by atoms with Gasteiger partial charge in [0.15, 0.2) is 0 Å². The van der Waals surface area contributed by atoms with Crippen LogP contribution in [0.15, 0.2) is 24.4 Å². The van der Waals surface area contributed by atoms with E-state index in [4.69, 9.17) is 10.5 Å². The van der Waals surface area contributed by atoms with Crippen molar-refractivity contribution in [3.63, 3.8) is 0 Å². The molecule has 20 heavy (non-hydrogen) atoms. The maximum Gasteiger partial charge on any atom is 0.212 e. The van der Waals surface area contributed by atoms with Gasteiger partial charge in [-0.25, -0.2) is 15.0 Å². The lowest BCUT2D eigenvalue weighted by Crippen LogP contribution is -2.07. The first-order valence-electron chi connectivity index (χ1n) is 6.45. The molecule has 6 nitrogen and oxygen atoms in total. The lowest BCUT2D eigenvalue weighted by Gasteiger charge is -2.10. The van der Waals surface area contributed by atoms with Crippen LogP contribution in [-0.4, -0.2) is 22.1 Å². The van der Waals surface area contributed by atoms with Crippen molar-refractivity contribution < 1.29 is 4.74 Å². The summed E-state index contributed by atoms with van der Waals surface area (Å²) in [5.41, 5.74) is 6.82. The number of pyridine rings is 1. The van der Waals surface area contributed by atoms with Crippen LogP contribution in [0.2, 0.25) is 0 Å². The van der Waals surface area contributed by atoms with Gasteiger partial charge in [0.1, 0.15) is 17.5 Å². The molecule has 0 atom stereocenters. The molecule has 2 aromatic rings. The second-order valence-electron chi connectivity index (χ2n) is 4.75. The fraction of sp³-hybridized carbons (Fsp3) is 0.357. The first-order valence-corrected chi connectivity index (χ1v) is 6.45. The van der Waals surface area contributed by atoms with Crippen LogP contribution in [0.1, 0.15) is 31.2 Å². The Hall–Kier alpha value is -2.37. The van der Waals surface area contributed by atoms with E-state index in [-0.39, 0.29) is 5.92 Å². The third-order valence-electron chi connectivity index (χ3n) is 2.76. The third kappa shape index (κ3) is 3.57. The normalized spacial score (nSPS) is 10.6. The van der Waals surface area contributed by atoms with E-state index in [2.05, 4.69) is 20.3 Å². The summed E-state index contributed by atoms with van der Waals surface area (Å²) in [7, 11) is 1.59. The molecule has 0 aliphatic rings. The highest BCUT2D eigenvalue weighted by molar-refractivity contribution is 5.45. The van der Waals surface area contributed by atoms with E-state index in [1.165, 1.54) is 0 Å². The number of aromatic nitrogens is 3. The largest absolute Gasteiger partial charge is 0.481 e. The summed E-state index contributed by atoms with van der Waals surface area (Å²) in [4.78, 5) is 12.8. The van der Waals surface area contributed by atoms with Gasteiger partial charge in [-0.15, -0.1) is 0 Å². The van der Waals surface area contributed by atoms with E-state index in [1.807, 2.05) is 26.0 Å². The third-order valence-corrected chi connectivity index (χ3v) is 2.76.